The molecule has 0 heterocycles. The summed E-state index contributed by atoms with van der Waals surface area (Å²) < 4.78 is 0. The summed E-state index contributed by atoms with van der Waals surface area (Å²) in [6, 6.07) is 19.1. The van der Waals surface area contributed by atoms with E-state index < -0.39 is 11.2 Å². The molecule has 0 bridgehead atoms. The van der Waals surface area contributed by atoms with Crippen LogP contribution in [0, 0.1) is 0 Å². The first-order chi connectivity index (χ1) is 9.67. The molecule has 2 aromatic rings. The van der Waals surface area contributed by atoms with E-state index in [0.717, 1.165) is 24.0 Å². The Bertz CT molecular complexity index is 513. The molecule has 1 saturated carbocycles. The monoisotopic (exact) mass is 268 g/mol. The lowest BCUT2D eigenvalue weighted by Crippen LogP contribution is -2.51. The molecule has 0 radical (unpaired) electrons. The highest BCUT2D eigenvalue weighted by atomic mass is 16.4. The quantitative estimate of drug-likeness (QED) is 0.877. The lowest BCUT2D eigenvalue weighted by molar-refractivity contribution is -0.189. The third kappa shape index (κ3) is 1.96. The zero-order chi connectivity index (χ0) is 14.1. The summed E-state index contributed by atoms with van der Waals surface area (Å²) in [4.78, 5) is 0. The van der Waals surface area contributed by atoms with Gasteiger partial charge < -0.3 is 10.2 Å². The molecule has 0 aliphatic heterocycles. The van der Waals surface area contributed by atoms with Crippen molar-refractivity contribution in [3.05, 3.63) is 71.8 Å². The van der Waals surface area contributed by atoms with Gasteiger partial charge in [-0.2, -0.15) is 0 Å². The van der Waals surface area contributed by atoms with Gasteiger partial charge in [0.25, 0.3) is 0 Å². The van der Waals surface area contributed by atoms with Crippen LogP contribution in [0.3, 0.4) is 0 Å². The normalized spacial score (nSPS) is 30.1. The van der Waals surface area contributed by atoms with Crippen molar-refractivity contribution in [2.45, 2.75) is 36.9 Å². The van der Waals surface area contributed by atoms with E-state index in [4.69, 9.17) is 0 Å². The molecule has 1 aliphatic carbocycles. The SMILES string of the molecule is OC1(c2ccccc2)CCCCC1(O)c1ccccc1. The molecule has 3 rings (SSSR count). The zero-order valence-corrected chi connectivity index (χ0v) is 11.5. The Kier molecular flexibility index (Phi) is 3.36. The first-order valence-electron chi connectivity index (χ1n) is 7.23. The van der Waals surface area contributed by atoms with Gasteiger partial charge in [-0.1, -0.05) is 60.7 Å². The lowest BCUT2D eigenvalue weighted by Gasteiger charge is -2.47. The molecule has 2 N–H and O–H groups in total. The van der Waals surface area contributed by atoms with Gasteiger partial charge in [-0.15, -0.1) is 0 Å². The van der Waals surface area contributed by atoms with Crippen molar-refractivity contribution in [3.63, 3.8) is 0 Å². The van der Waals surface area contributed by atoms with Crippen LogP contribution in [0.1, 0.15) is 36.8 Å². The van der Waals surface area contributed by atoms with Crippen LogP contribution in [0.2, 0.25) is 0 Å². The molecular formula is C18H20O2. The van der Waals surface area contributed by atoms with Crippen LogP contribution < -0.4 is 0 Å². The van der Waals surface area contributed by atoms with Gasteiger partial charge in [-0.3, -0.25) is 0 Å². The van der Waals surface area contributed by atoms with E-state index in [0.29, 0.717) is 12.8 Å². The minimum Gasteiger partial charge on any atom is -0.382 e. The van der Waals surface area contributed by atoms with Crippen LogP contribution >= 0.6 is 0 Å². The average Bonchev–Trinajstić information content (AvgIpc) is 2.52. The van der Waals surface area contributed by atoms with Gasteiger partial charge in [0.1, 0.15) is 11.2 Å². The summed E-state index contributed by atoms with van der Waals surface area (Å²) in [7, 11) is 0. The minimum absolute atomic E-state index is 0.586. The maximum absolute atomic E-state index is 11.3. The van der Waals surface area contributed by atoms with Crippen molar-refractivity contribution in [1.82, 2.24) is 0 Å². The number of aliphatic hydroxyl groups is 2. The molecule has 1 fully saturated rings. The fraction of sp³-hybridized carbons (Fsp3) is 0.333. The van der Waals surface area contributed by atoms with Crippen LogP contribution in [-0.4, -0.2) is 10.2 Å². The fourth-order valence-electron chi connectivity index (χ4n) is 3.37. The Morgan fingerprint density at radius 2 is 0.950 bits per heavy atom. The molecule has 2 unspecified atom stereocenters. The highest BCUT2D eigenvalue weighted by molar-refractivity contribution is 5.34. The molecular weight excluding hydrogens is 248 g/mol. The van der Waals surface area contributed by atoms with Gasteiger partial charge >= 0.3 is 0 Å². The Morgan fingerprint density at radius 3 is 1.30 bits per heavy atom. The molecule has 2 nitrogen and oxygen atoms in total. The lowest BCUT2D eigenvalue weighted by atomic mass is 9.65. The maximum Gasteiger partial charge on any atom is 0.122 e. The molecule has 104 valence electrons. The van der Waals surface area contributed by atoms with Gasteiger partial charge in [0, 0.05) is 0 Å². The van der Waals surface area contributed by atoms with E-state index in [9.17, 15) is 10.2 Å². The smallest absolute Gasteiger partial charge is 0.122 e. The number of rotatable bonds is 2. The highest BCUT2D eigenvalue weighted by Crippen LogP contribution is 2.50. The second-order valence-corrected chi connectivity index (χ2v) is 5.66. The number of benzene rings is 2. The van der Waals surface area contributed by atoms with Crippen molar-refractivity contribution in [2.75, 3.05) is 0 Å². The van der Waals surface area contributed by atoms with Crippen LogP contribution in [-0.2, 0) is 11.2 Å². The molecule has 0 saturated heterocycles. The third-order valence-corrected chi connectivity index (χ3v) is 4.51. The second kappa shape index (κ2) is 5.04. The van der Waals surface area contributed by atoms with E-state index in [1.165, 1.54) is 0 Å². The molecule has 2 aromatic carbocycles. The topological polar surface area (TPSA) is 40.5 Å². The first kappa shape index (κ1) is 13.3. The minimum atomic E-state index is -1.21. The highest BCUT2D eigenvalue weighted by Gasteiger charge is 2.52. The molecule has 0 spiro atoms. The fourth-order valence-corrected chi connectivity index (χ4v) is 3.37. The maximum atomic E-state index is 11.3. The summed E-state index contributed by atoms with van der Waals surface area (Å²) >= 11 is 0. The predicted octanol–water partition coefficient (Wildman–Crippen LogP) is 3.34. The number of hydrogen-bond donors (Lipinski definition) is 2. The largest absolute Gasteiger partial charge is 0.382 e. The van der Waals surface area contributed by atoms with E-state index >= 15 is 0 Å². The summed E-state index contributed by atoms with van der Waals surface area (Å²) in [6.07, 6.45) is 3.03. The Hall–Kier alpha value is -1.64. The van der Waals surface area contributed by atoms with Gasteiger partial charge in [0.15, 0.2) is 0 Å². The van der Waals surface area contributed by atoms with Crippen LogP contribution in [0.5, 0.6) is 0 Å². The van der Waals surface area contributed by atoms with Crippen LogP contribution in [0.25, 0.3) is 0 Å². The third-order valence-electron chi connectivity index (χ3n) is 4.51. The van der Waals surface area contributed by atoms with Gasteiger partial charge in [-0.05, 0) is 36.8 Å². The van der Waals surface area contributed by atoms with Crippen LogP contribution in [0.15, 0.2) is 60.7 Å². The van der Waals surface area contributed by atoms with Crippen molar-refractivity contribution in [2.24, 2.45) is 0 Å². The van der Waals surface area contributed by atoms with E-state index in [2.05, 4.69) is 0 Å². The molecule has 2 heteroatoms. The standard InChI is InChI=1S/C18H20O2/c19-17(15-9-3-1-4-10-15)13-7-8-14-18(17,20)16-11-5-2-6-12-16/h1-6,9-12,19-20H,7-8,13-14H2. The second-order valence-electron chi connectivity index (χ2n) is 5.66. The summed E-state index contributed by atoms with van der Waals surface area (Å²) in [6.45, 7) is 0. The van der Waals surface area contributed by atoms with Crippen molar-refractivity contribution in [1.29, 1.82) is 0 Å². The summed E-state index contributed by atoms with van der Waals surface area (Å²) in [5.41, 5.74) is -0.834. The molecule has 20 heavy (non-hydrogen) atoms. The average molecular weight is 268 g/mol. The van der Waals surface area contributed by atoms with E-state index in [1.54, 1.807) is 0 Å². The zero-order valence-electron chi connectivity index (χ0n) is 11.5. The summed E-state index contributed by atoms with van der Waals surface area (Å²) in [5, 5.41) is 22.5. The number of hydrogen-bond acceptors (Lipinski definition) is 2. The Balaban J connectivity index is 2.12. The Labute approximate surface area is 119 Å². The van der Waals surface area contributed by atoms with Gasteiger partial charge in [0.2, 0.25) is 0 Å². The van der Waals surface area contributed by atoms with Gasteiger partial charge in [-0.25, -0.2) is 0 Å². The van der Waals surface area contributed by atoms with Crippen molar-refractivity contribution >= 4 is 0 Å². The van der Waals surface area contributed by atoms with Crippen molar-refractivity contribution < 1.29 is 10.2 Å². The molecule has 0 aromatic heterocycles. The van der Waals surface area contributed by atoms with Crippen LogP contribution in [0.4, 0.5) is 0 Å². The van der Waals surface area contributed by atoms with Crippen molar-refractivity contribution in [3.8, 4) is 0 Å². The summed E-state index contributed by atoms with van der Waals surface area (Å²) in [5.74, 6) is 0. The molecule has 1 aliphatic rings. The van der Waals surface area contributed by atoms with E-state index in [-0.39, 0.29) is 0 Å². The molecule has 0 amide bonds. The molecule has 2 atom stereocenters. The Morgan fingerprint density at radius 1 is 0.600 bits per heavy atom. The first-order valence-corrected chi connectivity index (χ1v) is 7.23. The van der Waals surface area contributed by atoms with Gasteiger partial charge in [0.05, 0.1) is 0 Å². The van der Waals surface area contributed by atoms with E-state index in [1.807, 2.05) is 60.7 Å². The predicted molar refractivity (Wildman–Crippen MR) is 79.1 cm³/mol.